The Morgan fingerprint density at radius 1 is 1.42 bits per heavy atom. The molecule has 3 heteroatoms. The normalized spacial score (nSPS) is 19.9. The van der Waals surface area contributed by atoms with E-state index >= 15 is 0 Å². The maximum atomic E-state index is 11.1. The van der Waals surface area contributed by atoms with Gasteiger partial charge in [0.05, 0.1) is 0 Å². The van der Waals surface area contributed by atoms with Crippen LogP contribution in [0.2, 0.25) is 0 Å². The lowest BCUT2D eigenvalue weighted by Gasteiger charge is -2.25. The average molecular weight is 170 g/mol. The molecule has 0 bridgehead atoms. The second-order valence-corrected chi connectivity index (χ2v) is 3.02. The molecule has 0 atom stereocenters. The summed E-state index contributed by atoms with van der Waals surface area (Å²) >= 11 is 0. The number of rotatable bonds is 0. The highest BCUT2D eigenvalue weighted by Gasteiger charge is 2.39. The zero-order valence-corrected chi connectivity index (χ0v) is 8.56. The summed E-state index contributed by atoms with van der Waals surface area (Å²) in [6.07, 6.45) is 0. The maximum Gasteiger partial charge on any atom is 0.250 e. The van der Waals surface area contributed by atoms with E-state index in [1.165, 1.54) is 0 Å². The minimum absolute atomic E-state index is 0.0139. The number of nitrogens with one attached hydrogen (secondary N) is 1. The minimum atomic E-state index is -0.433. The van der Waals surface area contributed by atoms with Crippen molar-refractivity contribution in [3.63, 3.8) is 0 Å². The van der Waals surface area contributed by atoms with Gasteiger partial charge in [0.15, 0.2) is 0 Å². The number of nitrogens with zero attached hydrogens (tertiary/aromatic N) is 1. The Morgan fingerprint density at radius 3 is 1.92 bits per heavy atom. The van der Waals surface area contributed by atoms with Gasteiger partial charge in [0.25, 0.3) is 5.91 Å². The molecule has 0 aromatic carbocycles. The van der Waals surface area contributed by atoms with Crippen LogP contribution >= 0.6 is 0 Å². The summed E-state index contributed by atoms with van der Waals surface area (Å²) in [5.74, 6) is 0.690. The topological polar surface area (TPSA) is 32.3 Å². The summed E-state index contributed by atoms with van der Waals surface area (Å²) in [6, 6.07) is 0. The van der Waals surface area contributed by atoms with Crippen molar-refractivity contribution in [2.45, 2.75) is 33.2 Å². The highest BCUT2D eigenvalue weighted by atomic mass is 16.2. The van der Waals surface area contributed by atoms with Gasteiger partial charge in [0, 0.05) is 7.05 Å². The van der Waals surface area contributed by atoms with Gasteiger partial charge in [-0.25, -0.2) is 0 Å². The highest BCUT2D eigenvalue weighted by molar-refractivity contribution is 5.89. The molecule has 0 saturated carbocycles. The Hall–Kier alpha value is -0.990. The fourth-order valence-electron chi connectivity index (χ4n) is 0.858. The van der Waals surface area contributed by atoms with Crippen LogP contribution in [-0.4, -0.2) is 23.4 Å². The van der Waals surface area contributed by atoms with Crippen LogP contribution in [0.1, 0.15) is 27.7 Å². The van der Waals surface area contributed by atoms with Gasteiger partial charge in [-0.3, -0.25) is 4.79 Å². The van der Waals surface area contributed by atoms with Gasteiger partial charge in [0.1, 0.15) is 11.4 Å². The second-order valence-electron chi connectivity index (χ2n) is 3.02. The Bertz CT molecular complexity index is 197. The Kier molecular flexibility index (Phi) is 3.31. The van der Waals surface area contributed by atoms with Gasteiger partial charge >= 0.3 is 0 Å². The van der Waals surface area contributed by atoms with Crippen molar-refractivity contribution < 1.29 is 4.79 Å². The smallest absolute Gasteiger partial charge is 0.250 e. The van der Waals surface area contributed by atoms with Crippen LogP contribution in [0.15, 0.2) is 12.4 Å². The molecule has 0 unspecified atom stereocenters. The third-order valence-electron chi connectivity index (χ3n) is 2.06. The molecule has 3 nitrogen and oxygen atoms in total. The van der Waals surface area contributed by atoms with E-state index in [1.54, 1.807) is 0 Å². The van der Waals surface area contributed by atoms with Crippen molar-refractivity contribution in [2.75, 3.05) is 7.05 Å². The van der Waals surface area contributed by atoms with Crippen molar-refractivity contribution in [3.05, 3.63) is 12.4 Å². The molecule has 0 aromatic heterocycles. The molecule has 12 heavy (non-hydrogen) atoms. The second kappa shape index (κ2) is 3.61. The number of carbonyl (C=O) groups is 1. The SMILES string of the molecule is C=C1NC(=O)C(C)(C)N1C.CC. The fourth-order valence-corrected chi connectivity index (χ4v) is 0.858. The number of likely N-dealkylation sites (N-methyl/N-ethyl adjacent to an activating group) is 1. The predicted molar refractivity (Wildman–Crippen MR) is 50.5 cm³/mol. The third kappa shape index (κ3) is 1.60. The largest absolute Gasteiger partial charge is 0.347 e. The Balaban J connectivity index is 0.000000561. The molecule has 1 rings (SSSR count). The van der Waals surface area contributed by atoms with Crippen LogP contribution in [0.3, 0.4) is 0 Å². The zero-order chi connectivity index (χ0) is 9.94. The van der Waals surface area contributed by atoms with E-state index in [1.807, 2.05) is 39.6 Å². The summed E-state index contributed by atoms with van der Waals surface area (Å²) in [6.45, 7) is 11.4. The van der Waals surface area contributed by atoms with Crippen LogP contribution in [0.4, 0.5) is 0 Å². The monoisotopic (exact) mass is 170 g/mol. The van der Waals surface area contributed by atoms with E-state index in [9.17, 15) is 4.79 Å². The first kappa shape index (κ1) is 11.0. The number of hydrogen-bond donors (Lipinski definition) is 1. The highest BCUT2D eigenvalue weighted by Crippen LogP contribution is 2.21. The molecule has 1 saturated heterocycles. The molecule has 0 aromatic rings. The summed E-state index contributed by atoms with van der Waals surface area (Å²) in [7, 11) is 1.85. The molecule has 70 valence electrons. The Labute approximate surface area is 74.4 Å². The van der Waals surface area contributed by atoms with Crippen molar-refractivity contribution in [3.8, 4) is 0 Å². The van der Waals surface area contributed by atoms with Gasteiger partial charge in [-0.05, 0) is 13.8 Å². The molecule has 1 fully saturated rings. The number of amides is 1. The summed E-state index contributed by atoms with van der Waals surface area (Å²) < 4.78 is 0. The van der Waals surface area contributed by atoms with E-state index < -0.39 is 5.54 Å². The molecule has 1 N–H and O–H groups in total. The molecule has 1 aliphatic heterocycles. The molecule has 1 aliphatic rings. The van der Waals surface area contributed by atoms with E-state index in [-0.39, 0.29) is 5.91 Å². The first-order valence-corrected chi connectivity index (χ1v) is 4.20. The molecular formula is C9H18N2O. The average Bonchev–Trinajstić information content (AvgIpc) is 2.20. The number of carbonyl (C=O) groups excluding carboxylic acids is 1. The van der Waals surface area contributed by atoms with Crippen LogP contribution in [0.25, 0.3) is 0 Å². The van der Waals surface area contributed by atoms with Crippen LogP contribution in [-0.2, 0) is 4.79 Å². The molecular weight excluding hydrogens is 152 g/mol. The van der Waals surface area contributed by atoms with E-state index in [0.717, 1.165) is 0 Å². The summed E-state index contributed by atoms with van der Waals surface area (Å²) in [5, 5.41) is 2.65. The predicted octanol–water partition coefficient (Wildman–Crippen LogP) is 1.32. The molecule has 0 aliphatic carbocycles. The van der Waals surface area contributed by atoms with E-state index in [4.69, 9.17) is 0 Å². The van der Waals surface area contributed by atoms with Crippen LogP contribution in [0, 0.1) is 0 Å². The van der Waals surface area contributed by atoms with E-state index in [0.29, 0.717) is 5.82 Å². The molecule has 0 spiro atoms. The first-order valence-electron chi connectivity index (χ1n) is 4.20. The van der Waals surface area contributed by atoms with E-state index in [2.05, 4.69) is 11.9 Å². The lowest BCUT2D eigenvalue weighted by Crippen LogP contribution is -2.40. The first-order chi connectivity index (χ1) is 5.46. The van der Waals surface area contributed by atoms with Crippen LogP contribution < -0.4 is 5.32 Å². The molecule has 0 radical (unpaired) electrons. The van der Waals surface area contributed by atoms with Gasteiger partial charge in [-0.15, -0.1) is 0 Å². The summed E-state index contributed by atoms with van der Waals surface area (Å²) in [4.78, 5) is 12.9. The van der Waals surface area contributed by atoms with Crippen molar-refractivity contribution in [2.24, 2.45) is 0 Å². The Morgan fingerprint density at radius 2 is 1.83 bits per heavy atom. The van der Waals surface area contributed by atoms with Gasteiger partial charge < -0.3 is 10.2 Å². The third-order valence-corrected chi connectivity index (χ3v) is 2.06. The van der Waals surface area contributed by atoms with Crippen molar-refractivity contribution in [1.29, 1.82) is 0 Å². The fraction of sp³-hybridized carbons (Fsp3) is 0.667. The minimum Gasteiger partial charge on any atom is -0.347 e. The van der Waals surface area contributed by atoms with Crippen molar-refractivity contribution >= 4 is 5.91 Å². The maximum absolute atomic E-state index is 11.1. The van der Waals surface area contributed by atoms with Crippen LogP contribution in [0.5, 0.6) is 0 Å². The quantitative estimate of drug-likeness (QED) is 0.594. The van der Waals surface area contributed by atoms with Gasteiger partial charge in [-0.2, -0.15) is 0 Å². The zero-order valence-electron chi connectivity index (χ0n) is 8.56. The van der Waals surface area contributed by atoms with Gasteiger partial charge in [0.2, 0.25) is 0 Å². The molecule has 1 amide bonds. The lowest BCUT2D eigenvalue weighted by atomic mass is 10.1. The standard InChI is InChI=1S/C7H12N2O.C2H6/c1-5-8-6(10)7(2,3)9(5)4;1-2/h1H2,2-4H3,(H,8,10);1-2H3. The summed E-state index contributed by atoms with van der Waals surface area (Å²) in [5.41, 5.74) is -0.433. The van der Waals surface area contributed by atoms with Gasteiger partial charge in [-0.1, -0.05) is 20.4 Å². The van der Waals surface area contributed by atoms with Crippen molar-refractivity contribution in [1.82, 2.24) is 10.2 Å². The molecule has 1 heterocycles. The number of hydrogen-bond acceptors (Lipinski definition) is 2. The lowest BCUT2D eigenvalue weighted by molar-refractivity contribution is -0.124.